The molecule has 132 valence electrons. The molecule has 3 aromatic rings. The molecular formula is C21H21N3O2. The fourth-order valence-corrected chi connectivity index (χ4v) is 3.25. The van der Waals surface area contributed by atoms with Gasteiger partial charge in [-0.3, -0.25) is 9.48 Å². The topological polar surface area (TPSA) is 47.4 Å². The minimum absolute atomic E-state index is 0.0107. The predicted octanol–water partition coefficient (Wildman–Crippen LogP) is 3.74. The Morgan fingerprint density at radius 3 is 2.65 bits per heavy atom. The first kappa shape index (κ1) is 16.4. The molecule has 0 unspecified atom stereocenters. The Hall–Kier alpha value is -3.08. The second kappa shape index (κ2) is 6.67. The van der Waals surface area contributed by atoms with E-state index in [-0.39, 0.29) is 5.91 Å². The molecule has 0 spiro atoms. The van der Waals surface area contributed by atoms with Crippen LogP contribution in [-0.4, -0.2) is 22.2 Å². The molecule has 1 amide bonds. The SMILES string of the molecule is Cc1cccc(N2CCn3nc(COc4ccccc4)cc3C2=O)c1C. The van der Waals surface area contributed by atoms with E-state index in [2.05, 4.69) is 25.0 Å². The van der Waals surface area contributed by atoms with Crippen molar-refractivity contribution >= 4 is 11.6 Å². The molecule has 0 saturated heterocycles. The third-order valence-electron chi connectivity index (χ3n) is 4.83. The summed E-state index contributed by atoms with van der Waals surface area (Å²) in [5, 5.41) is 4.53. The van der Waals surface area contributed by atoms with Crippen LogP contribution in [0.3, 0.4) is 0 Å². The molecule has 0 aliphatic carbocycles. The zero-order valence-electron chi connectivity index (χ0n) is 15.0. The third kappa shape index (κ3) is 2.96. The highest BCUT2D eigenvalue weighted by Crippen LogP contribution is 2.27. The standard InChI is InChI=1S/C21H21N3O2/c1-15-7-6-10-19(16(15)2)23-11-12-24-20(21(23)25)13-17(22-24)14-26-18-8-4-3-5-9-18/h3-10,13H,11-12,14H2,1-2H3. The van der Waals surface area contributed by atoms with E-state index in [9.17, 15) is 4.79 Å². The van der Waals surface area contributed by atoms with Crippen molar-refractivity contribution < 1.29 is 9.53 Å². The minimum atomic E-state index is -0.0107. The number of aryl methyl sites for hydroxylation is 1. The Bertz CT molecular complexity index is 947. The van der Waals surface area contributed by atoms with Gasteiger partial charge in [0, 0.05) is 12.2 Å². The fourth-order valence-electron chi connectivity index (χ4n) is 3.25. The van der Waals surface area contributed by atoms with Crippen LogP contribution in [0.5, 0.6) is 5.75 Å². The van der Waals surface area contributed by atoms with Gasteiger partial charge in [-0.05, 0) is 49.2 Å². The van der Waals surface area contributed by atoms with E-state index in [1.165, 1.54) is 5.56 Å². The first-order valence-electron chi connectivity index (χ1n) is 8.76. The summed E-state index contributed by atoms with van der Waals surface area (Å²) in [7, 11) is 0. The molecular weight excluding hydrogens is 326 g/mol. The van der Waals surface area contributed by atoms with E-state index < -0.39 is 0 Å². The summed E-state index contributed by atoms with van der Waals surface area (Å²) in [5.74, 6) is 0.783. The fraction of sp³-hybridized carbons (Fsp3) is 0.238. The monoisotopic (exact) mass is 347 g/mol. The van der Waals surface area contributed by atoms with Crippen LogP contribution in [0.15, 0.2) is 54.6 Å². The Morgan fingerprint density at radius 2 is 1.85 bits per heavy atom. The lowest BCUT2D eigenvalue weighted by Gasteiger charge is -2.29. The van der Waals surface area contributed by atoms with Gasteiger partial charge < -0.3 is 9.64 Å². The number of benzene rings is 2. The van der Waals surface area contributed by atoms with Gasteiger partial charge in [0.1, 0.15) is 23.7 Å². The third-order valence-corrected chi connectivity index (χ3v) is 4.83. The summed E-state index contributed by atoms with van der Waals surface area (Å²) in [6.45, 7) is 5.77. The lowest BCUT2D eigenvalue weighted by molar-refractivity contribution is 0.0962. The number of para-hydroxylation sites is 1. The maximum absolute atomic E-state index is 13.0. The number of amides is 1. The number of hydrogen-bond acceptors (Lipinski definition) is 3. The van der Waals surface area contributed by atoms with Crippen LogP contribution in [0.4, 0.5) is 5.69 Å². The number of nitrogens with zero attached hydrogens (tertiary/aromatic N) is 3. The van der Waals surface area contributed by atoms with E-state index in [0.717, 1.165) is 22.7 Å². The molecule has 0 saturated carbocycles. The van der Waals surface area contributed by atoms with Crippen LogP contribution in [0.25, 0.3) is 0 Å². The van der Waals surface area contributed by atoms with Crippen LogP contribution >= 0.6 is 0 Å². The van der Waals surface area contributed by atoms with Crippen molar-refractivity contribution in [3.63, 3.8) is 0 Å². The van der Waals surface area contributed by atoms with E-state index in [4.69, 9.17) is 4.74 Å². The van der Waals surface area contributed by atoms with Crippen LogP contribution in [0, 0.1) is 13.8 Å². The van der Waals surface area contributed by atoms with Gasteiger partial charge in [0.2, 0.25) is 0 Å². The maximum atomic E-state index is 13.0. The Kier molecular flexibility index (Phi) is 4.21. The maximum Gasteiger partial charge on any atom is 0.276 e. The highest BCUT2D eigenvalue weighted by molar-refractivity contribution is 6.06. The quantitative estimate of drug-likeness (QED) is 0.722. The van der Waals surface area contributed by atoms with Gasteiger partial charge in [0.25, 0.3) is 5.91 Å². The summed E-state index contributed by atoms with van der Waals surface area (Å²) >= 11 is 0. The molecule has 0 bridgehead atoms. The first-order valence-corrected chi connectivity index (χ1v) is 8.76. The van der Waals surface area contributed by atoms with E-state index in [1.807, 2.05) is 53.4 Å². The summed E-state index contributed by atoms with van der Waals surface area (Å²) < 4.78 is 7.54. The Labute approximate surface area is 152 Å². The average Bonchev–Trinajstić information content (AvgIpc) is 3.08. The Morgan fingerprint density at radius 1 is 1.04 bits per heavy atom. The van der Waals surface area contributed by atoms with E-state index in [1.54, 1.807) is 4.68 Å². The summed E-state index contributed by atoms with van der Waals surface area (Å²) in [5.41, 5.74) is 4.68. The summed E-state index contributed by atoms with van der Waals surface area (Å²) in [6.07, 6.45) is 0. The number of carbonyl (C=O) groups excluding carboxylic acids is 1. The van der Waals surface area contributed by atoms with E-state index >= 15 is 0 Å². The summed E-state index contributed by atoms with van der Waals surface area (Å²) in [6, 6.07) is 17.5. The smallest absolute Gasteiger partial charge is 0.276 e. The lowest BCUT2D eigenvalue weighted by Crippen LogP contribution is -2.40. The van der Waals surface area contributed by atoms with Crippen LogP contribution in [-0.2, 0) is 13.2 Å². The van der Waals surface area contributed by atoms with Gasteiger partial charge in [0.15, 0.2) is 0 Å². The largest absolute Gasteiger partial charge is 0.487 e. The van der Waals surface area contributed by atoms with Crippen LogP contribution < -0.4 is 9.64 Å². The van der Waals surface area contributed by atoms with Crippen molar-refractivity contribution in [2.24, 2.45) is 0 Å². The summed E-state index contributed by atoms with van der Waals surface area (Å²) in [4.78, 5) is 14.8. The molecule has 5 heteroatoms. The zero-order chi connectivity index (χ0) is 18.1. The molecule has 2 aromatic carbocycles. The molecule has 5 nitrogen and oxygen atoms in total. The van der Waals surface area contributed by atoms with Crippen molar-refractivity contribution in [3.05, 3.63) is 77.1 Å². The minimum Gasteiger partial charge on any atom is -0.487 e. The molecule has 0 fully saturated rings. The van der Waals surface area contributed by atoms with Gasteiger partial charge in [-0.1, -0.05) is 30.3 Å². The van der Waals surface area contributed by atoms with Crippen molar-refractivity contribution in [1.29, 1.82) is 0 Å². The predicted molar refractivity (Wildman–Crippen MR) is 101 cm³/mol. The average molecular weight is 347 g/mol. The molecule has 0 radical (unpaired) electrons. The number of fused-ring (bicyclic) bond motifs is 1. The molecule has 26 heavy (non-hydrogen) atoms. The van der Waals surface area contributed by atoms with Gasteiger partial charge in [0.05, 0.1) is 6.54 Å². The second-order valence-electron chi connectivity index (χ2n) is 6.52. The van der Waals surface area contributed by atoms with Gasteiger partial charge in [-0.15, -0.1) is 0 Å². The number of anilines is 1. The number of carbonyl (C=O) groups is 1. The number of rotatable bonds is 4. The lowest BCUT2D eigenvalue weighted by atomic mass is 10.1. The number of aromatic nitrogens is 2. The molecule has 2 heterocycles. The number of ether oxygens (including phenoxy) is 1. The Balaban J connectivity index is 1.55. The first-order chi connectivity index (χ1) is 12.6. The molecule has 1 aliphatic rings. The van der Waals surface area contributed by atoms with Gasteiger partial charge >= 0.3 is 0 Å². The molecule has 0 N–H and O–H groups in total. The van der Waals surface area contributed by atoms with Crippen LogP contribution in [0.2, 0.25) is 0 Å². The van der Waals surface area contributed by atoms with Gasteiger partial charge in [-0.25, -0.2) is 0 Å². The molecule has 0 atom stereocenters. The molecule has 1 aliphatic heterocycles. The van der Waals surface area contributed by atoms with Crippen molar-refractivity contribution in [3.8, 4) is 5.75 Å². The highest BCUT2D eigenvalue weighted by atomic mass is 16.5. The number of hydrogen-bond donors (Lipinski definition) is 0. The normalized spacial score (nSPS) is 13.6. The van der Waals surface area contributed by atoms with Gasteiger partial charge in [-0.2, -0.15) is 5.10 Å². The molecule has 1 aromatic heterocycles. The zero-order valence-corrected chi connectivity index (χ0v) is 15.0. The van der Waals surface area contributed by atoms with Crippen molar-refractivity contribution in [2.45, 2.75) is 27.0 Å². The molecule has 4 rings (SSSR count). The second-order valence-corrected chi connectivity index (χ2v) is 6.52. The van der Waals surface area contributed by atoms with Crippen molar-refractivity contribution in [1.82, 2.24) is 9.78 Å². The van der Waals surface area contributed by atoms with Crippen LogP contribution in [0.1, 0.15) is 27.3 Å². The highest BCUT2D eigenvalue weighted by Gasteiger charge is 2.28. The van der Waals surface area contributed by atoms with E-state index in [0.29, 0.717) is 25.4 Å². The van der Waals surface area contributed by atoms with Crippen molar-refractivity contribution in [2.75, 3.05) is 11.4 Å².